The van der Waals surface area contributed by atoms with Gasteiger partial charge in [0.25, 0.3) is 5.88 Å². The highest BCUT2D eigenvalue weighted by molar-refractivity contribution is 7.89. The zero-order valence-electron chi connectivity index (χ0n) is 21.0. The summed E-state index contributed by atoms with van der Waals surface area (Å²) in [5.41, 5.74) is 2.89. The van der Waals surface area contributed by atoms with Crippen molar-refractivity contribution in [1.82, 2.24) is 9.88 Å². The molecule has 3 N–H and O–H groups in total. The van der Waals surface area contributed by atoms with Crippen LogP contribution in [-0.2, 0) is 16.6 Å². The zero-order chi connectivity index (χ0) is 27.4. The van der Waals surface area contributed by atoms with Crippen LogP contribution in [0.2, 0.25) is 0 Å². The maximum atomic E-state index is 14.8. The Labute approximate surface area is 221 Å². The summed E-state index contributed by atoms with van der Waals surface area (Å²) in [6.45, 7) is 5.74. The largest absolute Gasteiger partial charge is 0.436 e. The van der Waals surface area contributed by atoms with Crippen LogP contribution < -0.4 is 15.2 Å². The first-order chi connectivity index (χ1) is 18.1. The van der Waals surface area contributed by atoms with Crippen LogP contribution in [0.15, 0.2) is 47.4 Å². The minimum absolute atomic E-state index is 0.0207. The zero-order valence-corrected chi connectivity index (χ0v) is 21.8. The smallest absolute Gasteiger partial charge is 0.257 e. The molecule has 1 aliphatic heterocycles. The van der Waals surface area contributed by atoms with E-state index in [9.17, 15) is 18.1 Å². The third-order valence-corrected chi connectivity index (χ3v) is 7.37. The van der Waals surface area contributed by atoms with E-state index in [-0.39, 0.29) is 28.2 Å². The van der Waals surface area contributed by atoms with Gasteiger partial charge in [0.2, 0.25) is 10.0 Å². The number of aryl methyl sites for hydroxylation is 2. The topological polar surface area (TPSA) is 145 Å². The van der Waals surface area contributed by atoms with Crippen molar-refractivity contribution in [2.24, 2.45) is 5.14 Å². The molecule has 4 rings (SSSR count). The normalized spacial score (nSPS) is 14.5. The summed E-state index contributed by atoms with van der Waals surface area (Å²) in [6, 6.07) is 15.0. The van der Waals surface area contributed by atoms with Gasteiger partial charge in [0, 0.05) is 31.7 Å². The molecular weight excluding hydrogens is 507 g/mol. The standard InChI is InChI=1S/C27H27FN6O3S/c1-17-11-20(14-29)12-18(2)25(17)37-27-24(28)13-21(15-30)26(33-27)32-22-7-9-34(10-8-22)16-19-3-5-23(6-4-19)38(31,35)36/h3-6,11-13,22H,7-10,16H2,1-2H3,(H,32,33)(H2,31,35,36). The number of hydrogen-bond acceptors (Lipinski definition) is 8. The number of nitrogens with one attached hydrogen (secondary N) is 1. The predicted octanol–water partition coefficient (Wildman–Crippen LogP) is 4.10. The van der Waals surface area contributed by atoms with E-state index < -0.39 is 15.8 Å². The van der Waals surface area contributed by atoms with Crippen LogP contribution in [0, 0.1) is 42.3 Å². The fourth-order valence-electron chi connectivity index (χ4n) is 4.48. The molecule has 1 aliphatic rings. The number of pyridine rings is 1. The van der Waals surface area contributed by atoms with Crippen LogP contribution in [-0.4, -0.2) is 37.4 Å². The van der Waals surface area contributed by atoms with Gasteiger partial charge in [-0.25, -0.2) is 17.9 Å². The monoisotopic (exact) mass is 534 g/mol. The lowest BCUT2D eigenvalue weighted by molar-refractivity contribution is 0.211. The third-order valence-electron chi connectivity index (χ3n) is 6.44. The second-order valence-electron chi connectivity index (χ2n) is 9.32. The number of nitrogens with zero attached hydrogens (tertiary/aromatic N) is 4. The maximum Gasteiger partial charge on any atom is 0.257 e. The SMILES string of the molecule is Cc1cc(C#N)cc(C)c1Oc1nc(NC2CCN(Cc3ccc(S(N)(=O)=O)cc3)CC2)c(C#N)cc1F. The Balaban J connectivity index is 1.43. The number of likely N-dealkylation sites (tertiary alicyclic amines) is 1. The van der Waals surface area contributed by atoms with Crippen LogP contribution in [0.1, 0.15) is 40.7 Å². The summed E-state index contributed by atoms with van der Waals surface area (Å²) in [7, 11) is -3.72. The molecule has 0 aliphatic carbocycles. The van der Waals surface area contributed by atoms with E-state index in [0.29, 0.717) is 29.0 Å². The van der Waals surface area contributed by atoms with E-state index in [2.05, 4.69) is 21.3 Å². The summed E-state index contributed by atoms with van der Waals surface area (Å²) in [6.07, 6.45) is 1.53. The number of aromatic nitrogens is 1. The summed E-state index contributed by atoms with van der Waals surface area (Å²) >= 11 is 0. The number of hydrogen-bond donors (Lipinski definition) is 2. The number of halogens is 1. The minimum Gasteiger partial charge on any atom is -0.436 e. The number of anilines is 1. The number of primary sulfonamides is 1. The van der Waals surface area contributed by atoms with Crippen molar-refractivity contribution in [2.45, 2.75) is 44.2 Å². The lowest BCUT2D eigenvalue weighted by Crippen LogP contribution is -2.39. The molecule has 0 saturated carbocycles. The Morgan fingerprint density at radius 3 is 2.29 bits per heavy atom. The molecule has 38 heavy (non-hydrogen) atoms. The quantitative estimate of drug-likeness (QED) is 0.461. The number of sulfonamides is 1. The second kappa shape index (κ2) is 11.2. The van der Waals surface area contributed by atoms with E-state index in [0.717, 1.165) is 37.6 Å². The minimum atomic E-state index is -3.72. The van der Waals surface area contributed by atoms with Crippen molar-refractivity contribution in [2.75, 3.05) is 18.4 Å². The van der Waals surface area contributed by atoms with Gasteiger partial charge in [-0.2, -0.15) is 15.5 Å². The molecule has 1 saturated heterocycles. The summed E-state index contributed by atoms with van der Waals surface area (Å²) in [4.78, 5) is 6.63. The molecule has 0 radical (unpaired) electrons. The van der Waals surface area contributed by atoms with Crippen molar-refractivity contribution in [3.63, 3.8) is 0 Å². The highest BCUT2D eigenvalue weighted by atomic mass is 32.2. The molecule has 0 bridgehead atoms. The number of ether oxygens (including phenoxy) is 1. The highest BCUT2D eigenvalue weighted by Gasteiger charge is 2.23. The molecule has 2 aromatic carbocycles. The Morgan fingerprint density at radius 1 is 1.11 bits per heavy atom. The Morgan fingerprint density at radius 2 is 1.74 bits per heavy atom. The van der Waals surface area contributed by atoms with Gasteiger partial charge in [0.15, 0.2) is 5.82 Å². The van der Waals surface area contributed by atoms with Gasteiger partial charge in [0.05, 0.1) is 22.1 Å². The summed E-state index contributed by atoms with van der Waals surface area (Å²) in [5, 5.41) is 27.2. The lowest BCUT2D eigenvalue weighted by Gasteiger charge is -2.32. The third kappa shape index (κ3) is 6.26. The number of nitriles is 2. The Hall–Kier alpha value is -4.03. The van der Waals surface area contributed by atoms with Crippen LogP contribution in [0.4, 0.5) is 10.2 Å². The van der Waals surface area contributed by atoms with Crippen molar-refractivity contribution in [3.8, 4) is 23.8 Å². The molecule has 1 aromatic heterocycles. The molecule has 0 atom stereocenters. The lowest BCUT2D eigenvalue weighted by atomic mass is 10.0. The molecule has 11 heteroatoms. The van der Waals surface area contributed by atoms with Gasteiger partial charge in [-0.3, -0.25) is 4.90 Å². The molecule has 9 nitrogen and oxygen atoms in total. The van der Waals surface area contributed by atoms with Crippen molar-refractivity contribution in [1.29, 1.82) is 10.5 Å². The number of nitrogens with two attached hydrogens (primary N) is 1. The van der Waals surface area contributed by atoms with E-state index in [1.54, 1.807) is 38.1 Å². The molecule has 0 spiro atoms. The molecule has 3 aromatic rings. The second-order valence-corrected chi connectivity index (χ2v) is 10.9. The van der Waals surface area contributed by atoms with E-state index in [4.69, 9.17) is 15.1 Å². The first-order valence-electron chi connectivity index (χ1n) is 12.0. The van der Waals surface area contributed by atoms with Crippen molar-refractivity contribution < 1.29 is 17.5 Å². The summed E-state index contributed by atoms with van der Waals surface area (Å²) < 4.78 is 43.5. The fraction of sp³-hybridized carbons (Fsp3) is 0.296. The maximum absolute atomic E-state index is 14.8. The van der Waals surface area contributed by atoms with E-state index in [1.807, 2.05) is 6.07 Å². The number of rotatable bonds is 7. The van der Waals surface area contributed by atoms with Crippen LogP contribution in [0.5, 0.6) is 11.6 Å². The molecule has 0 amide bonds. The number of piperidine rings is 1. The van der Waals surface area contributed by atoms with Crippen molar-refractivity contribution >= 4 is 15.8 Å². The number of benzene rings is 2. The van der Waals surface area contributed by atoms with Gasteiger partial charge in [-0.15, -0.1) is 0 Å². The fourth-order valence-corrected chi connectivity index (χ4v) is 5.00. The van der Waals surface area contributed by atoms with E-state index in [1.165, 1.54) is 12.1 Å². The first-order valence-corrected chi connectivity index (χ1v) is 13.5. The first kappa shape index (κ1) is 27.0. The molecule has 1 fully saturated rings. The van der Waals surface area contributed by atoms with Crippen molar-refractivity contribution in [3.05, 3.63) is 76.1 Å². The van der Waals surface area contributed by atoms with Crippen LogP contribution in [0.3, 0.4) is 0 Å². The average Bonchev–Trinajstić information content (AvgIpc) is 2.88. The van der Waals surface area contributed by atoms with Gasteiger partial charge in [-0.05, 0) is 67.6 Å². The Bertz CT molecular complexity index is 1510. The molecule has 196 valence electrons. The predicted molar refractivity (Wildman–Crippen MR) is 139 cm³/mol. The molecular formula is C27H27FN6O3S. The highest BCUT2D eigenvalue weighted by Crippen LogP contribution is 2.32. The average molecular weight is 535 g/mol. The Kier molecular flexibility index (Phi) is 7.93. The van der Waals surface area contributed by atoms with Gasteiger partial charge >= 0.3 is 0 Å². The van der Waals surface area contributed by atoms with Gasteiger partial charge in [-0.1, -0.05) is 12.1 Å². The molecule has 2 heterocycles. The van der Waals surface area contributed by atoms with Gasteiger partial charge < -0.3 is 10.1 Å². The molecule has 0 unspecified atom stereocenters. The van der Waals surface area contributed by atoms with Gasteiger partial charge in [0.1, 0.15) is 17.6 Å². The van der Waals surface area contributed by atoms with E-state index >= 15 is 0 Å². The summed E-state index contributed by atoms with van der Waals surface area (Å²) in [5.74, 6) is -0.331. The van der Waals surface area contributed by atoms with Crippen LogP contribution in [0.25, 0.3) is 0 Å². The van der Waals surface area contributed by atoms with Crippen LogP contribution >= 0.6 is 0 Å².